The van der Waals surface area contributed by atoms with Gasteiger partial charge in [0.05, 0.1) is 38.1 Å². The van der Waals surface area contributed by atoms with E-state index in [2.05, 4.69) is 35.2 Å². The third-order valence-electron chi connectivity index (χ3n) is 6.49. The lowest BCUT2D eigenvalue weighted by Gasteiger charge is -2.14. The van der Waals surface area contributed by atoms with Crippen molar-refractivity contribution in [1.82, 2.24) is 39.0 Å². The van der Waals surface area contributed by atoms with Gasteiger partial charge in [-0.3, -0.25) is 34.0 Å². The van der Waals surface area contributed by atoms with Crippen molar-refractivity contribution in [3.05, 3.63) is 33.4 Å². The Labute approximate surface area is 205 Å². The summed E-state index contributed by atoms with van der Waals surface area (Å²) in [6.07, 6.45) is -1.69. The highest BCUT2D eigenvalue weighted by Crippen LogP contribution is 2.31. The van der Waals surface area contributed by atoms with Crippen molar-refractivity contribution in [2.24, 2.45) is 0 Å². The van der Waals surface area contributed by atoms with Gasteiger partial charge in [-0.2, -0.15) is 9.97 Å². The van der Waals surface area contributed by atoms with Crippen LogP contribution in [0.1, 0.15) is 25.3 Å². The van der Waals surface area contributed by atoms with Gasteiger partial charge in [0.2, 0.25) is 11.9 Å². The van der Waals surface area contributed by atoms with Gasteiger partial charge < -0.3 is 29.9 Å². The molecule has 0 unspecified atom stereocenters. The molecule has 7 N–H and O–H groups in total. The zero-order valence-corrected chi connectivity index (χ0v) is 19.1. The molecule has 0 bridgehead atoms. The highest BCUT2D eigenvalue weighted by atomic mass is 16.5. The largest absolute Gasteiger partial charge is 0.394 e. The van der Waals surface area contributed by atoms with E-state index in [1.165, 1.54) is 21.8 Å². The second-order valence-corrected chi connectivity index (χ2v) is 8.83. The topological polar surface area (TPSA) is 239 Å². The van der Waals surface area contributed by atoms with E-state index in [-0.39, 0.29) is 60.3 Å². The Morgan fingerprint density at radius 3 is 1.65 bits per heavy atom. The first-order valence-electron chi connectivity index (χ1n) is 11.5. The van der Waals surface area contributed by atoms with Crippen LogP contribution in [-0.2, 0) is 9.47 Å². The summed E-state index contributed by atoms with van der Waals surface area (Å²) in [5.41, 5.74) is -0.776. The van der Waals surface area contributed by atoms with Gasteiger partial charge in [0.25, 0.3) is 11.1 Å². The van der Waals surface area contributed by atoms with Crippen LogP contribution in [-0.4, -0.2) is 97.1 Å². The Morgan fingerprint density at radius 2 is 1.27 bits per heavy atom. The third-order valence-corrected chi connectivity index (χ3v) is 6.49. The zero-order chi connectivity index (χ0) is 25.8. The fourth-order valence-corrected chi connectivity index (χ4v) is 4.60. The van der Waals surface area contributed by atoms with Crippen LogP contribution in [0.3, 0.4) is 0 Å². The normalized spacial score (nSPS) is 28.0. The Hall–Kier alpha value is -3.74. The second kappa shape index (κ2) is 8.98. The summed E-state index contributed by atoms with van der Waals surface area (Å²) in [5, 5.41) is 41.6. The van der Waals surface area contributed by atoms with Gasteiger partial charge in [-0.1, -0.05) is 0 Å². The number of aromatic amines is 2. The maximum absolute atomic E-state index is 12.7. The Morgan fingerprint density at radius 1 is 0.838 bits per heavy atom. The van der Waals surface area contributed by atoms with Gasteiger partial charge >= 0.3 is 0 Å². The van der Waals surface area contributed by atoms with E-state index in [0.29, 0.717) is 0 Å². The van der Waals surface area contributed by atoms with E-state index in [9.17, 15) is 30.0 Å². The van der Waals surface area contributed by atoms with E-state index >= 15 is 0 Å². The first-order valence-corrected chi connectivity index (χ1v) is 11.5. The molecule has 0 radical (unpaired) electrons. The fraction of sp³-hybridized carbons (Fsp3) is 0.500. The number of rotatable bonds is 6. The van der Waals surface area contributed by atoms with Gasteiger partial charge in [0.1, 0.15) is 24.7 Å². The highest BCUT2D eigenvalue weighted by Gasteiger charge is 2.36. The van der Waals surface area contributed by atoms with Gasteiger partial charge in [-0.05, 0) is 0 Å². The number of hydrogen-bond donors (Lipinski definition) is 7. The molecule has 4 aromatic heterocycles. The second-order valence-electron chi connectivity index (χ2n) is 8.83. The van der Waals surface area contributed by atoms with Crippen molar-refractivity contribution in [3.63, 3.8) is 0 Å². The number of nitrogens with one attached hydrogen (secondary N) is 3. The van der Waals surface area contributed by atoms with Gasteiger partial charge in [-0.25, -0.2) is 9.97 Å². The lowest BCUT2D eigenvalue weighted by molar-refractivity contribution is -0.0432. The van der Waals surface area contributed by atoms with E-state index in [1.807, 2.05) is 0 Å². The molecule has 2 fully saturated rings. The predicted molar refractivity (Wildman–Crippen MR) is 123 cm³/mol. The highest BCUT2D eigenvalue weighted by molar-refractivity contribution is 5.73. The molecule has 2 saturated heterocycles. The molecule has 0 aromatic carbocycles. The molecule has 17 nitrogen and oxygen atoms in total. The van der Waals surface area contributed by atoms with Crippen molar-refractivity contribution in [1.29, 1.82) is 0 Å². The minimum atomic E-state index is -0.893. The minimum Gasteiger partial charge on any atom is -0.394 e. The molecule has 0 saturated carbocycles. The summed E-state index contributed by atoms with van der Waals surface area (Å²) in [6, 6.07) is 0. The average molecular weight is 517 g/mol. The molecular weight excluding hydrogens is 494 g/mol. The summed E-state index contributed by atoms with van der Waals surface area (Å²) in [6.45, 7) is -0.733. The summed E-state index contributed by atoms with van der Waals surface area (Å²) in [5.74, 6) is -0.115. The molecule has 6 rings (SSSR count). The number of aromatic nitrogens is 8. The van der Waals surface area contributed by atoms with Crippen LogP contribution in [0, 0.1) is 0 Å². The van der Waals surface area contributed by atoms with Gasteiger partial charge in [-0.15, -0.1) is 0 Å². The Kier molecular flexibility index (Phi) is 5.74. The SMILES string of the molecule is O=c1[nH]c(Nc2nc3c(ncn3[C@H]3C[C@H](O)[C@@H](CO)O3)c(=O)[nH]2)nc2c1ncn2[C@H]1C[C@H](O)[C@@H](CO)O1. The number of anilines is 2. The van der Waals surface area contributed by atoms with Crippen LogP contribution in [0.15, 0.2) is 22.2 Å². The number of ether oxygens (including phenoxy) is 2. The number of fused-ring (bicyclic) bond motifs is 2. The van der Waals surface area contributed by atoms with Crippen LogP contribution in [0.2, 0.25) is 0 Å². The first kappa shape index (κ1) is 23.6. The molecule has 0 amide bonds. The summed E-state index contributed by atoms with van der Waals surface area (Å²) < 4.78 is 14.2. The van der Waals surface area contributed by atoms with Crippen LogP contribution < -0.4 is 16.4 Å². The quantitative estimate of drug-likeness (QED) is 0.141. The number of aliphatic hydroxyl groups excluding tert-OH is 4. The number of aliphatic hydroxyl groups is 4. The molecule has 4 aromatic rings. The maximum atomic E-state index is 12.7. The van der Waals surface area contributed by atoms with E-state index in [4.69, 9.17) is 9.47 Å². The fourth-order valence-electron chi connectivity index (χ4n) is 4.60. The molecule has 6 heterocycles. The Bertz CT molecular complexity index is 1460. The molecule has 0 spiro atoms. The van der Waals surface area contributed by atoms with Crippen LogP contribution in [0.4, 0.5) is 11.9 Å². The molecular formula is C20H23N9O8. The average Bonchev–Trinajstić information content (AvgIpc) is 3.63. The van der Waals surface area contributed by atoms with Crippen molar-refractivity contribution >= 4 is 34.2 Å². The first-order chi connectivity index (χ1) is 17.9. The zero-order valence-electron chi connectivity index (χ0n) is 19.1. The monoisotopic (exact) mass is 517 g/mol. The number of nitrogens with zero attached hydrogens (tertiary/aromatic N) is 6. The summed E-state index contributed by atoms with van der Waals surface area (Å²) in [7, 11) is 0. The maximum Gasteiger partial charge on any atom is 0.280 e. The molecule has 37 heavy (non-hydrogen) atoms. The van der Waals surface area contributed by atoms with Gasteiger partial charge in [0, 0.05) is 12.8 Å². The van der Waals surface area contributed by atoms with E-state index in [0.717, 1.165) is 0 Å². The van der Waals surface area contributed by atoms with Crippen LogP contribution >= 0.6 is 0 Å². The number of hydrogen-bond acceptors (Lipinski definition) is 13. The van der Waals surface area contributed by atoms with Crippen molar-refractivity contribution in [2.45, 2.75) is 49.7 Å². The molecule has 2 aliphatic rings. The molecule has 196 valence electrons. The molecule has 2 aliphatic heterocycles. The third kappa shape index (κ3) is 3.97. The van der Waals surface area contributed by atoms with Crippen LogP contribution in [0.25, 0.3) is 22.3 Å². The number of imidazole rings is 2. The lowest BCUT2D eigenvalue weighted by Crippen LogP contribution is -2.24. The lowest BCUT2D eigenvalue weighted by atomic mass is 10.2. The molecule has 0 aliphatic carbocycles. The van der Waals surface area contributed by atoms with E-state index in [1.54, 1.807) is 0 Å². The predicted octanol–water partition coefficient (Wildman–Crippen LogP) is -2.42. The summed E-state index contributed by atoms with van der Waals surface area (Å²) in [4.78, 5) is 47.3. The standard InChI is InChI=1S/C20H23N9O8/c30-3-9-7(32)1-11(36-9)28-5-21-13-15(28)23-19(25-17(13)34)27-20-24-16-14(18(35)26-20)22-6-29(16)12-2-8(33)10(4-31)37-12/h5-12,30-33H,1-4H2,(H3,23,24,25,26,27,34,35)/t7-,8-,9+,10+,11+,12+/m0/s1. The van der Waals surface area contributed by atoms with Crippen LogP contribution in [0.5, 0.6) is 0 Å². The number of H-pyrrole nitrogens is 2. The van der Waals surface area contributed by atoms with Crippen molar-refractivity contribution in [3.8, 4) is 0 Å². The van der Waals surface area contributed by atoms with E-state index < -0.39 is 48.0 Å². The molecule has 6 atom stereocenters. The Balaban J connectivity index is 1.34. The van der Waals surface area contributed by atoms with Gasteiger partial charge in [0.15, 0.2) is 22.3 Å². The minimum absolute atomic E-state index is 0.0291. The smallest absolute Gasteiger partial charge is 0.280 e. The van der Waals surface area contributed by atoms with Crippen molar-refractivity contribution < 1.29 is 29.9 Å². The van der Waals surface area contributed by atoms with Crippen molar-refractivity contribution in [2.75, 3.05) is 18.5 Å². The molecule has 17 heteroatoms. The summed E-state index contributed by atoms with van der Waals surface area (Å²) >= 11 is 0.